The number of aromatic nitrogens is 1. The van der Waals surface area contributed by atoms with Gasteiger partial charge in [-0.2, -0.15) is 0 Å². The van der Waals surface area contributed by atoms with E-state index in [2.05, 4.69) is 65.5 Å². The number of fused-ring (bicyclic) bond motifs is 3. The van der Waals surface area contributed by atoms with Crippen LogP contribution in [-0.4, -0.2) is 15.5 Å². The number of halogens is 1. The van der Waals surface area contributed by atoms with Gasteiger partial charge < -0.3 is 14.8 Å². The zero-order valence-corrected chi connectivity index (χ0v) is 18.6. The number of aryl methyl sites for hydroxylation is 1. The van der Waals surface area contributed by atoms with Gasteiger partial charge in [-0.25, -0.2) is 4.79 Å². The quantitative estimate of drug-likeness (QED) is 0.400. The smallest absolute Gasteiger partial charge is 0.318 e. The Bertz CT molecular complexity index is 1240. The summed E-state index contributed by atoms with van der Waals surface area (Å²) in [6, 6.07) is 28.0. The third kappa shape index (κ3) is 3.90. The van der Waals surface area contributed by atoms with Gasteiger partial charge in [-0.3, -0.25) is 0 Å². The van der Waals surface area contributed by atoms with Gasteiger partial charge in [0.05, 0.1) is 18.3 Å². The number of hydrogen-bond acceptors (Lipinski definition) is 1. The molecule has 0 saturated carbocycles. The predicted molar refractivity (Wildman–Crippen MR) is 128 cm³/mol. The molecule has 160 valence electrons. The van der Waals surface area contributed by atoms with Gasteiger partial charge in [0, 0.05) is 23.5 Å². The Hall–Kier alpha value is -3.50. The maximum atomic E-state index is 13.6. The van der Waals surface area contributed by atoms with Crippen LogP contribution in [0.1, 0.15) is 34.0 Å². The summed E-state index contributed by atoms with van der Waals surface area (Å²) in [5.41, 5.74) is 6.54. The molecule has 1 aliphatic heterocycles. The van der Waals surface area contributed by atoms with Crippen LogP contribution in [0.3, 0.4) is 0 Å². The second kappa shape index (κ2) is 8.56. The van der Waals surface area contributed by atoms with E-state index in [-0.39, 0.29) is 12.1 Å². The highest BCUT2D eigenvalue weighted by Crippen LogP contribution is 2.36. The van der Waals surface area contributed by atoms with E-state index in [1.165, 1.54) is 5.56 Å². The van der Waals surface area contributed by atoms with E-state index in [0.717, 1.165) is 28.1 Å². The molecule has 32 heavy (non-hydrogen) atoms. The van der Waals surface area contributed by atoms with Crippen LogP contribution in [0.5, 0.6) is 0 Å². The number of benzene rings is 3. The summed E-state index contributed by atoms with van der Waals surface area (Å²) in [5.74, 6) is 0. The van der Waals surface area contributed by atoms with Gasteiger partial charge in [0.15, 0.2) is 0 Å². The van der Waals surface area contributed by atoms with E-state index in [1.807, 2.05) is 47.4 Å². The van der Waals surface area contributed by atoms with E-state index in [0.29, 0.717) is 18.1 Å². The van der Waals surface area contributed by atoms with Crippen LogP contribution >= 0.6 is 11.6 Å². The molecular weight excluding hydrogens is 418 g/mol. The molecule has 0 unspecified atom stereocenters. The first kappa shape index (κ1) is 20.4. The minimum atomic E-state index is -0.243. The lowest BCUT2D eigenvalue weighted by Gasteiger charge is -2.31. The molecule has 0 bridgehead atoms. The average Bonchev–Trinajstić information content (AvgIpc) is 3.24. The number of nitrogens with zero attached hydrogens (tertiary/aromatic N) is 2. The van der Waals surface area contributed by atoms with Crippen molar-refractivity contribution in [2.45, 2.75) is 26.1 Å². The Morgan fingerprint density at radius 2 is 1.72 bits per heavy atom. The number of amides is 2. The fourth-order valence-corrected chi connectivity index (χ4v) is 4.45. The summed E-state index contributed by atoms with van der Waals surface area (Å²) in [7, 11) is 0. The summed E-state index contributed by atoms with van der Waals surface area (Å²) in [6.07, 6.45) is 2.06. The molecule has 0 saturated heterocycles. The first-order chi connectivity index (χ1) is 15.6. The van der Waals surface area contributed by atoms with Crippen molar-refractivity contribution in [2.24, 2.45) is 0 Å². The molecule has 4 nitrogen and oxygen atoms in total. The SMILES string of the molecule is Cc1ccc(CNC(=O)N2Cc3ccccc3-n3cccc3[C@@H]2c2ccc(Cl)cc2)cc1. The fourth-order valence-electron chi connectivity index (χ4n) is 4.32. The van der Waals surface area contributed by atoms with Crippen LogP contribution in [0.2, 0.25) is 5.02 Å². The predicted octanol–water partition coefficient (Wildman–Crippen LogP) is 6.25. The normalized spacial score (nSPS) is 14.9. The van der Waals surface area contributed by atoms with Crippen molar-refractivity contribution in [1.82, 2.24) is 14.8 Å². The average molecular weight is 442 g/mol. The number of carbonyl (C=O) groups excluding carboxylic acids is 1. The van der Waals surface area contributed by atoms with Gasteiger partial charge >= 0.3 is 6.03 Å². The number of nitrogens with one attached hydrogen (secondary N) is 1. The van der Waals surface area contributed by atoms with Crippen molar-refractivity contribution in [1.29, 1.82) is 0 Å². The molecule has 1 N–H and O–H groups in total. The van der Waals surface area contributed by atoms with Crippen molar-refractivity contribution in [2.75, 3.05) is 0 Å². The molecule has 1 atom stereocenters. The first-order valence-electron chi connectivity index (χ1n) is 10.7. The third-order valence-corrected chi connectivity index (χ3v) is 6.23. The summed E-state index contributed by atoms with van der Waals surface area (Å²) in [4.78, 5) is 15.5. The molecule has 1 aromatic heterocycles. The molecular formula is C27H24ClN3O. The van der Waals surface area contributed by atoms with Gasteiger partial charge in [-0.1, -0.05) is 71.8 Å². The Morgan fingerprint density at radius 3 is 2.50 bits per heavy atom. The van der Waals surface area contributed by atoms with Crippen LogP contribution in [0.15, 0.2) is 91.1 Å². The molecule has 2 amide bonds. The lowest BCUT2D eigenvalue weighted by molar-refractivity contribution is 0.180. The summed E-state index contributed by atoms with van der Waals surface area (Å²) in [6.45, 7) is 3.04. The molecule has 2 heterocycles. The van der Waals surface area contributed by atoms with Crippen molar-refractivity contribution in [3.8, 4) is 5.69 Å². The largest absolute Gasteiger partial charge is 0.334 e. The number of carbonyl (C=O) groups is 1. The second-order valence-electron chi connectivity index (χ2n) is 8.16. The zero-order valence-electron chi connectivity index (χ0n) is 17.8. The van der Waals surface area contributed by atoms with Crippen LogP contribution < -0.4 is 5.32 Å². The van der Waals surface area contributed by atoms with Crippen LogP contribution in [0, 0.1) is 6.92 Å². The van der Waals surface area contributed by atoms with Crippen LogP contribution in [0.25, 0.3) is 5.69 Å². The van der Waals surface area contributed by atoms with Crippen molar-refractivity contribution < 1.29 is 4.79 Å². The Morgan fingerprint density at radius 1 is 0.969 bits per heavy atom. The van der Waals surface area contributed by atoms with Gasteiger partial charge in [0.25, 0.3) is 0 Å². The Labute approximate surface area is 193 Å². The first-order valence-corrected chi connectivity index (χ1v) is 11.1. The standard InChI is InChI=1S/C27H24ClN3O/c1-19-8-10-20(11-9-19)17-29-27(32)31-18-22-5-2-3-6-24(22)30-16-4-7-25(30)26(31)21-12-14-23(28)15-13-21/h2-16,26H,17-18H2,1H3,(H,29,32)/t26-/m0/s1. The summed E-state index contributed by atoms with van der Waals surface area (Å²) in [5, 5.41) is 3.81. The highest BCUT2D eigenvalue weighted by molar-refractivity contribution is 6.30. The Balaban J connectivity index is 1.54. The number of rotatable bonds is 3. The van der Waals surface area contributed by atoms with E-state index < -0.39 is 0 Å². The maximum Gasteiger partial charge on any atom is 0.318 e. The fraction of sp³-hybridized carbons (Fsp3) is 0.148. The van der Waals surface area contributed by atoms with Gasteiger partial charge in [-0.15, -0.1) is 0 Å². The molecule has 0 aliphatic carbocycles. The third-order valence-electron chi connectivity index (χ3n) is 5.97. The van der Waals surface area contributed by atoms with Crippen molar-refractivity contribution >= 4 is 17.6 Å². The minimum absolute atomic E-state index is 0.102. The topological polar surface area (TPSA) is 37.3 Å². The highest BCUT2D eigenvalue weighted by Gasteiger charge is 2.32. The monoisotopic (exact) mass is 441 g/mol. The molecule has 5 heteroatoms. The van der Waals surface area contributed by atoms with Gasteiger partial charge in [0.1, 0.15) is 0 Å². The van der Waals surface area contributed by atoms with E-state index >= 15 is 0 Å². The highest BCUT2D eigenvalue weighted by atomic mass is 35.5. The van der Waals surface area contributed by atoms with Crippen LogP contribution in [0.4, 0.5) is 4.79 Å². The molecule has 0 spiro atoms. The van der Waals surface area contributed by atoms with Gasteiger partial charge in [0.2, 0.25) is 0 Å². The van der Waals surface area contributed by atoms with Crippen LogP contribution in [-0.2, 0) is 13.1 Å². The second-order valence-corrected chi connectivity index (χ2v) is 8.59. The van der Waals surface area contributed by atoms with E-state index in [1.54, 1.807) is 0 Å². The van der Waals surface area contributed by atoms with Crippen molar-refractivity contribution in [3.63, 3.8) is 0 Å². The lowest BCUT2D eigenvalue weighted by Crippen LogP contribution is -2.41. The molecule has 1 aliphatic rings. The Kier molecular flexibility index (Phi) is 5.46. The lowest BCUT2D eigenvalue weighted by atomic mass is 10.0. The molecule has 5 rings (SSSR count). The van der Waals surface area contributed by atoms with E-state index in [4.69, 9.17) is 11.6 Å². The number of urea groups is 1. The molecule has 0 fully saturated rings. The molecule has 3 aromatic carbocycles. The van der Waals surface area contributed by atoms with Crippen molar-refractivity contribution in [3.05, 3.63) is 124 Å². The summed E-state index contributed by atoms with van der Waals surface area (Å²) >= 11 is 6.16. The maximum absolute atomic E-state index is 13.6. The van der Waals surface area contributed by atoms with Gasteiger partial charge in [-0.05, 0) is 53.9 Å². The van der Waals surface area contributed by atoms with E-state index in [9.17, 15) is 4.79 Å². The molecule has 4 aromatic rings. The number of hydrogen-bond donors (Lipinski definition) is 1. The number of para-hydroxylation sites is 1. The zero-order chi connectivity index (χ0) is 22.1. The summed E-state index contributed by atoms with van der Waals surface area (Å²) < 4.78 is 2.18. The molecule has 0 radical (unpaired) electrons. The minimum Gasteiger partial charge on any atom is -0.334 e.